The molecule has 0 saturated heterocycles. The summed E-state index contributed by atoms with van der Waals surface area (Å²) in [5.74, 6) is 0. The Balaban J connectivity index is 3.23. The summed E-state index contributed by atoms with van der Waals surface area (Å²) in [5.41, 5.74) is 2.60. The molecule has 0 atom stereocenters. The second-order valence-electron chi connectivity index (χ2n) is 8.01. The predicted octanol–water partition coefficient (Wildman–Crippen LogP) is 4.96. The summed E-state index contributed by atoms with van der Waals surface area (Å²) >= 11 is 0. The lowest BCUT2D eigenvalue weighted by Gasteiger charge is -2.28. The average Bonchev–Trinajstić information content (AvgIpc) is 2.39. The first-order valence-electron chi connectivity index (χ1n) is 8.18. The van der Waals surface area contributed by atoms with Crippen LogP contribution in [0.15, 0.2) is 18.2 Å². The van der Waals surface area contributed by atoms with E-state index in [1.807, 2.05) is 0 Å². The molecule has 0 saturated carbocycles. The van der Waals surface area contributed by atoms with Gasteiger partial charge in [0.15, 0.2) is 0 Å². The van der Waals surface area contributed by atoms with Gasteiger partial charge in [0.05, 0.1) is 12.1 Å². The number of rotatable bonds is 2. The highest BCUT2D eigenvalue weighted by atomic mass is 19.4. The Bertz CT molecular complexity index is 676. The number of imide groups is 1. The van der Waals surface area contributed by atoms with E-state index >= 15 is 0 Å². The van der Waals surface area contributed by atoms with Crippen LogP contribution in [0.1, 0.15) is 52.7 Å². The lowest BCUT2D eigenvalue weighted by molar-refractivity contribution is -0.137. The van der Waals surface area contributed by atoms with E-state index in [4.69, 9.17) is 15.2 Å². The zero-order chi connectivity index (χ0) is 21.2. The number of halogens is 3. The van der Waals surface area contributed by atoms with Crippen LogP contribution in [0.2, 0.25) is 0 Å². The fourth-order valence-corrected chi connectivity index (χ4v) is 1.99. The molecule has 1 aromatic carbocycles. The van der Waals surface area contributed by atoms with E-state index in [2.05, 4.69) is 0 Å². The molecule has 0 aliphatic heterocycles. The number of hydrogen-bond donors (Lipinski definition) is 1. The maximum Gasteiger partial charge on any atom is 0.420 e. The van der Waals surface area contributed by atoms with Crippen LogP contribution in [0.5, 0.6) is 0 Å². The topological polar surface area (TPSA) is 81.9 Å². The molecule has 2 amide bonds. The molecule has 0 fully saturated rings. The number of nitrogens with zero attached hydrogens (tertiary/aromatic N) is 1. The van der Waals surface area contributed by atoms with Gasteiger partial charge in [0, 0.05) is 5.69 Å². The van der Waals surface area contributed by atoms with Crippen LogP contribution >= 0.6 is 0 Å². The molecule has 9 heteroatoms. The highest BCUT2D eigenvalue weighted by Crippen LogP contribution is 2.32. The van der Waals surface area contributed by atoms with Crippen LogP contribution < -0.4 is 5.73 Å². The molecular weight excluding hydrogens is 365 g/mol. The first-order chi connectivity index (χ1) is 12.0. The van der Waals surface area contributed by atoms with Crippen LogP contribution in [0.4, 0.5) is 28.4 Å². The Morgan fingerprint density at radius 1 is 0.926 bits per heavy atom. The molecule has 0 radical (unpaired) electrons. The van der Waals surface area contributed by atoms with Crippen molar-refractivity contribution in [2.24, 2.45) is 0 Å². The van der Waals surface area contributed by atoms with Crippen LogP contribution in [0.25, 0.3) is 0 Å². The van der Waals surface area contributed by atoms with Crippen molar-refractivity contribution in [1.82, 2.24) is 4.90 Å². The standard InChI is InChI=1S/C18H25F3N2O4/c1-16(2,3)26-14(24)23(15(25)27-17(4,5)6)10-11-7-12(18(19,20)21)9-13(22)8-11/h7-9H,10,22H2,1-6H3. The molecule has 1 aromatic rings. The number of anilines is 1. The van der Waals surface area contributed by atoms with Crippen LogP contribution in [-0.2, 0) is 22.2 Å². The smallest absolute Gasteiger partial charge is 0.420 e. The highest BCUT2D eigenvalue weighted by molar-refractivity contribution is 5.88. The molecule has 6 nitrogen and oxygen atoms in total. The summed E-state index contributed by atoms with van der Waals surface area (Å²) < 4.78 is 49.3. The van der Waals surface area contributed by atoms with E-state index in [1.54, 1.807) is 41.5 Å². The SMILES string of the molecule is CC(C)(C)OC(=O)N(Cc1cc(N)cc(C(F)(F)F)c1)C(=O)OC(C)(C)C. The quantitative estimate of drug-likeness (QED) is 0.722. The second kappa shape index (κ2) is 7.66. The molecule has 0 unspecified atom stereocenters. The third-order valence-corrected chi connectivity index (χ3v) is 2.91. The van der Waals surface area contributed by atoms with E-state index in [1.165, 1.54) is 6.07 Å². The Hall–Kier alpha value is -2.45. The maximum absolute atomic E-state index is 13.0. The van der Waals surface area contributed by atoms with Gasteiger partial charge in [-0.2, -0.15) is 13.2 Å². The Morgan fingerprint density at radius 2 is 1.37 bits per heavy atom. The number of ether oxygens (including phenoxy) is 2. The van der Waals surface area contributed by atoms with E-state index < -0.39 is 41.7 Å². The van der Waals surface area contributed by atoms with Gasteiger partial charge in [-0.05, 0) is 65.3 Å². The molecule has 2 N–H and O–H groups in total. The zero-order valence-corrected chi connectivity index (χ0v) is 16.2. The summed E-state index contributed by atoms with van der Waals surface area (Å²) in [4.78, 5) is 25.4. The van der Waals surface area contributed by atoms with E-state index in [0.717, 1.165) is 12.1 Å². The van der Waals surface area contributed by atoms with Gasteiger partial charge >= 0.3 is 18.4 Å². The lowest BCUT2D eigenvalue weighted by Crippen LogP contribution is -2.43. The van der Waals surface area contributed by atoms with Gasteiger partial charge in [-0.25, -0.2) is 14.5 Å². The van der Waals surface area contributed by atoms with Crippen molar-refractivity contribution < 1.29 is 32.2 Å². The van der Waals surface area contributed by atoms with E-state index in [9.17, 15) is 22.8 Å². The van der Waals surface area contributed by atoms with Crippen molar-refractivity contribution in [2.75, 3.05) is 5.73 Å². The summed E-state index contributed by atoms with van der Waals surface area (Å²) in [5, 5.41) is 0. The van der Waals surface area contributed by atoms with E-state index in [-0.39, 0.29) is 11.3 Å². The monoisotopic (exact) mass is 390 g/mol. The second-order valence-corrected chi connectivity index (χ2v) is 8.01. The summed E-state index contributed by atoms with van der Waals surface area (Å²) in [6, 6.07) is 2.84. The minimum atomic E-state index is -4.62. The number of benzene rings is 1. The number of amides is 2. The molecule has 0 heterocycles. The average molecular weight is 390 g/mol. The van der Waals surface area contributed by atoms with Crippen LogP contribution in [0.3, 0.4) is 0 Å². The lowest BCUT2D eigenvalue weighted by atomic mass is 10.1. The van der Waals surface area contributed by atoms with Gasteiger partial charge in [-0.15, -0.1) is 0 Å². The van der Waals surface area contributed by atoms with Crippen molar-refractivity contribution in [1.29, 1.82) is 0 Å². The van der Waals surface area contributed by atoms with Crippen molar-refractivity contribution in [2.45, 2.75) is 65.5 Å². The van der Waals surface area contributed by atoms with Gasteiger partial charge in [-0.1, -0.05) is 0 Å². The molecule has 0 spiro atoms. The van der Waals surface area contributed by atoms with Crippen molar-refractivity contribution in [3.8, 4) is 0 Å². The third-order valence-electron chi connectivity index (χ3n) is 2.91. The van der Waals surface area contributed by atoms with Gasteiger partial charge in [0.1, 0.15) is 11.2 Å². The van der Waals surface area contributed by atoms with Gasteiger partial charge < -0.3 is 15.2 Å². The number of carbonyl (C=O) groups excluding carboxylic acids is 2. The first kappa shape index (κ1) is 22.6. The van der Waals surface area contributed by atoms with Gasteiger partial charge in [-0.3, -0.25) is 0 Å². The Kier molecular flexibility index (Phi) is 6.41. The number of alkyl halides is 3. The fraction of sp³-hybridized carbons (Fsp3) is 0.556. The van der Waals surface area contributed by atoms with Gasteiger partial charge in [0.2, 0.25) is 0 Å². The third kappa shape index (κ3) is 7.76. The summed E-state index contributed by atoms with van der Waals surface area (Å²) in [6.07, 6.45) is -6.69. The summed E-state index contributed by atoms with van der Waals surface area (Å²) in [6.45, 7) is 9.10. The molecule has 0 aromatic heterocycles. The maximum atomic E-state index is 13.0. The zero-order valence-electron chi connectivity index (χ0n) is 16.2. The molecule has 0 bridgehead atoms. The Morgan fingerprint density at radius 3 is 1.74 bits per heavy atom. The van der Waals surface area contributed by atoms with Gasteiger partial charge in [0.25, 0.3) is 0 Å². The Labute approximate surface area is 156 Å². The van der Waals surface area contributed by atoms with Crippen LogP contribution in [0, 0.1) is 0 Å². The molecule has 27 heavy (non-hydrogen) atoms. The molecule has 0 aliphatic rings. The van der Waals surface area contributed by atoms with Crippen LogP contribution in [-0.4, -0.2) is 28.3 Å². The summed E-state index contributed by atoms with van der Waals surface area (Å²) in [7, 11) is 0. The largest absolute Gasteiger partial charge is 0.443 e. The van der Waals surface area contributed by atoms with E-state index in [0.29, 0.717) is 4.90 Å². The van der Waals surface area contributed by atoms with Crippen molar-refractivity contribution in [3.05, 3.63) is 29.3 Å². The minimum Gasteiger partial charge on any atom is -0.443 e. The van der Waals surface area contributed by atoms with Crippen molar-refractivity contribution >= 4 is 17.9 Å². The number of carbonyl (C=O) groups is 2. The minimum absolute atomic E-state index is 0.0130. The fourth-order valence-electron chi connectivity index (χ4n) is 1.99. The highest BCUT2D eigenvalue weighted by Gasteiger charge is 2.34. The molecule has 152 valence electrons. The number of nitrogens with two attached hydrogens (primary N) is 1. The van der Waals surface area contributed by atoms with Crippen molar-refractivity contribution in [3.63, 3.8) is 0 Å². The first-order valence-corrected chi connectivity index (χ1v) is 8.18. The molecular formula is C18H25F3N2O4. The number of nitrogen functional groups attached to an aromatic ring is 1. The molecule has 1 rings (SSSR count). The predicted molar refractivity (Wildman–Crippen MR) is 93.9 cm³/mol. The molecule has 0 aliphatic carbocycles. The number of hydrogen-bond acceptors (Lipinski definition) is 5. The normalized spacial score (nSPS) is 12.5.